The van der Waals surface area contributed by atoms with Gasteiger partial charge in [0.05, 0.1) is 17.9 Å². The molecule has 0 aliphatic carbocycles. The van der Waals surface area contributed by atoms with Crippen LogP contribution in [0.3, 0.4) is 0 Å². The third-order valence-electron chi connectivity index (χ3n) is 2.24. The van der Waals surface area contributed by atoms with Gasteiger partial charge in [-0.2, -0.15) is 0 Å². The van der Waals surface area contributed by atoms with Crippen LogP contribution in [0.15, 0.2) is 11.6 Å². The van der Waals surface area contributed by atoms with Crippen LogP contribution in [-0.4, -0.2) is 15.9 Å². The van der Waals surface area contributed by atoms with Crippen LogP contribution >= 0.6 is 11.3 Å². The summed E-state index contributed by atoms with van der Waals surface area (Å²) in [4.78, 5) is 5.54. The molecule has 0 aliphatic rings. The summed E-state index contributed by atoms with van der Waals surface area (Å²) in [7, 11) is 0. The molecule has 2 rings (SSSR count). The summed E-state index contributed by atoms with van der Waals surface area (Å²) in [5.74, 6) is 5.85. The summed E-state index contributed by atoms with van der Waals surface area (Å²) in [6.45, 7) is 5.44. The molecular formula is C11H13N3S. The molecule has 0 saturated carbocycles. The molecule has 0 bridgehead atoms. The minimum atomic E-state index is 0.729. The lowest BCUT2D eigenvalue weighted by atomic mass is 10.3. The van der Waals surface area contributed by atoms with Crippen molar-refractivity contribution in [1.29, 1.82) is 0 Å². The summed E-state index contributed by atoms with van der Waals surface area (Å²) in [5.41, 5.74) is 2.32. The molecule has 2 heterocycles. The van der Waals surface area contributed by atoms with E-state index in [2.05, 4.69) is 38.1 Å². The Morgan fingerprint density at radius 3 is 3.27 bits per heavy atom. The Morgan fingerprint density at radius 1 is 1.60 bits per heavy atom. The van der Waals surface area contributed by atoms with E-state index >= 15 is 0 Å². The summed E-state index contributed by atoms with van der Waals surface area (Å²) in [6.07, 6.45) is 2.06. The van der Waals surface area contributed by atoms with Gasteiger partial charge in [-0.15, -0.1) is 17.3 Å². The van der Waals surface area contributed by atoms with E-state index < -0.39 is 0 Å². The zero-order chi connectivity index (χ0) is 10.7. The maximum absolute atomic E-state index is 4.48. The van der Waals surface area contributed by atoms with Gasteiger partial charge in [-0.1, -0.05) is 5.92 Å². The Balaban J connectivity index is 2.14. The van der Waals surface area contributed by atoms with E-state index in [0.29, 0.717) is 0 Å². The van der Waals surface area contributed by atoms with Gasteiger partial charge in [0.25, 0.3) is 0 Å². The van der Waals surface area contributed by atoms with Crippen molar-refractivity contribution in [2.24, 2.45) is 0 Å². The highest BCUT2D eigenvalue weighted by Gasteiger charge is 2.07. The van der Waals surface area contributed by atoms with E-state index in [0.717, 1.165) is 23.7 Å². The van der Waals surface area contributed by atoms with Crippen LogP contribution in [-0.2, 0) is 6.54 Å². The van der Waals surface area contributed by atoms with E-state index in [9.17, 15) is 0 Å². The number of thiazole rings is 1. The summed E-state index contributed by atoms with van der Waals surface area (Å²) >= 11 is 1.66. The van der Waals surface area contributed by atoms with Crippen molar-refractivity contribution in [3.63, 3.8) is 0 Å². The van der Waals surface area contributed by atoms with Crippen LogP contribution in [0, 0.1) is 18.8 Å². The van der Waals surface area contributed by atoms with Crippen molar-refractivity contribution in [2.75, 3.05) is 6.54 Å². The van der Waals surface area contributed by atoms with Gasteiger partial charge >= 0.3 is 0 Å². The Labute approximate surface area is 93.1 Å². The quantitative estimate of drug-likeness (QED) is 0.630. The smallest absolute Gasteiger partial charge is 0.194 e. The lowest BCUT2D eigenvalue weighted by Gasteiger charge is -2.00. The highest BCUT2D eigenvalue weighted by molar-refractivity contribution is 7.15. The lowest BCUT2D eigenvalue weighted by Crippen LogP contribution is -2.15. The second-order valence-corrected chi connectivity index (χ2v) is 4.10. The molecule has 0 fully saturated rings. The van der Waals surface area contributed by atoms with Crippen molar-refractivity contribution in [2.45, 2.75) is 20.4 Å². The normalized spacial score (nSPS) is 10.3. The molecule has 0 saturated heterocycles. The fourth-order valence-electron chi connectivity index (χ4n) is 1.49. The largest absolute Gasteiger partial charge is 0.301 e. The molecule has 15 heavy (non-hydrogen) atoms. The number of imidazole rings is 1. The van der Waals surface area contributed by atoms with E-state index in [1.54, 1.807) is 11.3 Å². The molecule has 0 unspecified atom stereocenters. The average Bonchev–Trinajstić information content (AvgIpc) is 2.75. The van der Waals surface area contributed by atoms with Gasteiger partial charge in [-0.3, -0.25) is 4.40 Å². The zero-order valence-electron chi connectivity index (χ0n) is 8.87. The van der Waals surface area contributed by atoms with E-state index in [-0.39, 0.29) is 0 Å². The summed E-state index contributed by atoms with van der Waals surface area (Å²) < 4.78 is 2.13. The van der Waals surface area contributed by atoms with Crippen molar-refractivity contribution >= 4 is 16.3 Å². The topological polar surface area (TPSA) is 29.3 Å². The number of aryl methyl sites for hydroxylation is 1. The van der Waals surface area contributed by atoms with Crippen molar-refractivity contribution in [3.05, 3.63) is 23.0 Å². The van der Waals surface area contributed by atoms with Crippen LogP contribution < -0.4 is 5.32 Å². The molecule has 3 nitrogen and oxygen atoms in total. The lowest BCUT2D eigenvalue weighted by molar-refractivity contribution is 0.738. The third-order valence-corrected chi connectivity index (χ3v) is 3.00. The number of hydrogen-bond donors (Lipinski definition) is 1. The minimum absolute atomic E-state index is 0.729. The highest BCUT2D eigenvalue weighted by atomic mass is 32.1. The predicted octanol–water partition coefficient (Wildman–Crippen LogP) is 1.82. The molecule has 4 heteroatoms. The molecule has 0 amide bonds. The van der Waals surface area contributed by atoms with Crippen LogP contribution in [0.2, 0.25) is 0 Å². The molecule has 1 N–H and O–H groups in total. The summed E-state index contributed by atoms with van der Waals surface area (Å²) in [5, 5.41) is 5.33. The highest BCUT2D eigenvalue weighted by Crippen LogP contribution is 2.16. The summed E-state index contributed by atoms with van der Waals surface area (Å²) in [6, 6.07) is 0. The molecule has 2 aromatic rings. The molecule has 0 aromatic carbocycles. The number of nitrogens with zero attached hydrogens (tertiary/aromatic N) is 2. The van der Waals surface area contributed by atoms with E-state index in [1.807, 2.05) is 13.8 Å². The van der Waals surface area contributed by atoms with Crippen molar-refractivity contribution < 1.29 is 0 Å². The van der Waals surface area contributed by atoms with Crippen molar-refractivity contribution in [1.82, 2.24) is 14.7 Å². The zero-order valence-corrected chi connectivity index (χ0v) is 9.69. The number of fused-ring (bicyclic) bond motifs is 1. The maximum atomic E-state index is 4.48. The minimum Gasteiger partial charge on any atom is -0.301 e. The first-order valence-corrected chi connectivity index (χ1v) is 5.72. The van der Waals surface area contributed by atoms with Crippen LogP contribution in [0.4, 0.5) is 0 Å². The molecule has 78 valence electrons. The molecule has 2 aromatic heterocycles. The number of aromatic nitrogens is 2. The van der Waals surface area contributed by atoms with Gasteiger partial charge in [0.2, 0.25) is 0 Å². The van der Waals surface area contributed by atoms with Crippen LogP contribution in [0.1, 0.15) is 18.3 Å². The second-order valence-electron chi connectivity index (χ2n) is 3.23. The predicted molar refractivity (Wildman–Crippen MR) is 63.0 cm³/mol. The fraction of sp³-hybridized carbons (Fsp3) is 0.364. The maximum Gasteiger partial charge on any atom is 0.194 e. The first kappa shape index (κ1) is 10.2. The average molecular weight is 219 g/mol. The monoisotopic (exact) mass is 219 g/mol. The molecule has 0 atom stereocenters. The molecule has 0 radical (unpaired) electrons. The number of hydrogen-bond acceptors (Lipinski definition) is 3. The SMILES string of the molecule is CC#CCNCc1c(C)nc2sccn12. The van der Waals surface area contributed by atoms with Crippen LogP contribution in [0.25, 0.3) is 4.96 Å². The first-order valence-electron chi connectivity index (χ1n) is 4.84. The van der Waals surface area contributed by atoms with Gasteiger partial charge in [0, 0.05) is 18.1 Å². The molecular weight excluding hydrogens is 206 g/mol. The fourth-order valence-corrected chi connectivity index (χ4v) is 2.26. The van der Waals surface area contributed by atoms with E-state index in [4.69, 9.17) is 0 Å². The van der Waals surface area contributed by atoms with Gasteiger partial charge in [0.1, 0.15) is 0 Å². The Morgan fingerprint density at radius 2 is 2.47 bits per heavy atom. The van der Waals surface area contributed by atoms with Gasteiger partial charge in [-0.05, 0) is 13.8 Å². The van der Waals surface area contributed by atoms with Crippen molar-refractivity contribution in [3.8, 4) is 11.8 Å². The second kappa shape index (κ2) is 4.47. The molecule has 0 spiro atoms. The van der Waals surface area contributed by atoms with Gasteiger partial charge in [-0.25, -0.2) is 4.98 Å². The van der Waals surface area contributed by atoms with Crippen LogP contribution in [0.5, 0.6) is 0 Å². The Hall–Kier alpha value is -1.31. The Kier molecular flexibility index (Phi) is 3.05. The number of nitrogens with one attached hydrogen (secondary N) is 1. The Bertz CT molecular complexity index is 513. The third kappa shape index (κ3) is 2.04. The van der Waals surface area contributed by atoms with Gasteiger partial charge in [0.15, 0.2) is 4.96 Å². The molecule has 0 aliphatic heterocycles. The van der Waals surface area contributed by atoms with E-state index in [1.165, 1.54) is 5.69 Å². The first-order chi connectivity index (χ1) is 7.33. The standard InChI is InChI=1S/C11H13N3S/c1-3-4-5-12-8-10-9(2)13-11-14(10)6-7-15-11/h6-7,12H,5,8H2,1-2H3. The van der Waals surface area contributed by atoms with Gasteiger partial charge < -0.3 is 5.32 Å². The number of rotatable bonds is 3.